The molecule has 1 aliphatic rings. The van der Waals surface area contributed by atoms with E-state index in [0.29, 0.717) is 18.0 Å². The number of nitrogens with zero attached hydrogens (tertiary/aromatic N) is 1. The molecule has 1 aliphatic heterocycles. The Kier molecular flexibility index (Phi) is 4.19. The van der Waals surface area contributed by atoms with Crippen molar-refractivity contribution in [3.05, 3.63) is 33.5 Å². The first-order valence-corrected chi connectivity index (χ1v) is 7.24. The zero-order chi connectivity index (χ0) is 13.1. The van der Waals surface area contributed by atoms with Crippen LogP contribution in [0.3, 0.4) is 0 Å². The molecule has 0 aromatic carbocycles. The maximum absolute atomic E-state index is 11.0. The highest BCUT2D eigenvalue weighted by atomic mass is 32.1. The van der Waals surface area contributed by atoms with Crippen molar-refractivity contribution in [3.63, 3.8) is 0 Å². The Hall–Kier alpha value is -1.13. The molecule has 3 nitrogen and oxygen atoms in total. The number of thiophene rings is 1. The van der Waals surface area contributed by atoms with E-state index in [9.17, 15) is 4.79 Å². The second-order valence-electron chi connectivity index (χ2n) is 4.61. The largest absolute Gasteiger partial charge is 0.478 e. The van der Waals surface area contributed by atoms with Gasteiger partial charge in [0, 0.05) is 29.6 Å². The van der Waals surface area contributed by atoms with Crippen molar-refractivity contribution in [1.29, 1.82) is 0 Å². The molecule has 0 amide bonds. The Balaban J connectivity index is 2.06. The normalized spacial score (nSPS) is 20.8. The molecule has 0 saturated carbocycles. The Morgan fingerprint density at radius 1 is 1.67 bits per heavy atom. The van der Waals surface area contributed by atoms with E-state index in [-0.39, 0.29) is 0 Å². The number of aliphatic carboxylic acids is 1. The first-order chi connectivity index (χ1) is 8.63. The summed E-state index contributed by atoms with van der Waals surface area (Å²) in [5, 5.41) is 11.2. The summed E-state index contributed by atoms with van der Waals surface area (Å²) in [6, 6.07) is 2.58. The van der Waals surface area contributed by atoms with Gasteiger partial charge in [0.25, 0.3) is 0 Å². The lowest BCUT2D eigenvalue weighted by atomic mass is 10.0. The quantitative estimate of drug-likeness (QED) is 0.850. The van der Waals surface area contributed by atoms with Crippen LogP contribution in [0.5, 0.6) is 0 Å². The van der Waals surface area contributed by atoms with Gasteiger partial charge < -0.3 is 5.11 Å². The fraction of sp³-hybridized carbons (Fsp3) is 0.500. The summed E-state index contributed by atoms with van der Waals surface area (Å²) in [5.74, 6) is -0.793. The smallest absolute Gasteiger partial charge is 0.331 e. The van der Waals surface area contributed by atoms with Crippen molar-refractivity contribution in [3.8, 4) is 0 Å². The van der Waals surface area contributed by atoms with E-state index in [1.807, 2.05) is 24.3 Å². The summed E-state index contributed by atoms with van der Waals surface area (Å²) >= 11 is 1.83. The van der Waals surface area contributed by atoms with Crippen molar-refractivity contribution >= 4 is 17.3 Å². The number of hydrogen-bond donors (Lipinski definition) is 1. The third-order valence-corrected chi connectivity index (χ3v) is 4.63. The zero-order valence-electron chi connectivity index (χ0n) is 10.8. The Bertz CT molecular complexity index is 464. The van der Waals surface area contributed by atoms with Crippen LogP contribution in [0.25, 0.3) is 0 Å². The van der Waals surface area contributed by atoms with Gasteiger partial charge in [0.1, 0.15) is 0 Å². The van der Waals surface area contributed by atoms with Crippen molar-refractivity contribution in [2.75, 3.05) is 13.1 Å². The fourth-order valence-corrected chi connectivity index (χ4v) is 3.38. The van der Waals surface area contributed by atoms with Crippen molar-refractivity contribution in [2.24, 2.45) is 0 Å². The van der Waals surface area contributed by atoms with Crippen LogP contribution < -0.4 is 0 Å². The minimum Gasteiger partial charge on any atom is -0.478 e. The summed E-state index contributed by atoms with van der Waals surface area (Å²) in [7, 11) is 0. The molecule has 0 radical (unpaired) electrons. The Morgan fingerprint density at radius 2 is 2.44 bits per heavy atom. The van der Waals surface area contributed by atoms with E-state index in [1.165, 1.54) is 10.4 Å². The molecular weight excluding hydrogens is 246 g/mol. The van der Waals surface area contributed by atoms with Gasteiger partial charge in [0.15, 0.2) is 0 Å². The summed E-state index contributed by atoms with van der Waals surface area (Å²) in [5.41, 5.74) is 1.92. The monoisotopic (exact) mass is 265 g/mol. The highest BCUT2D eigenvalue weighted by Gasteiger charge is 2.23. The third kappa shape index (κ3) is 2.65. The lowest BCUT2D eigenvalue weighted by Gasteiger charge is -2.32. The van der Waals surface area contributed by atoms with Gasteiger partial charge in [-0.05, 0) is 36.8 Å². The third-order valence-electron chi connectivity index (χ3n) is 3.63. The predicted octanol–water partition coefficient (Wildman–Crippen LogP) is 3.09. The fourth-order valence-electron chi connectivity index (χ4n) is 2.42. The number of rotatable bonds is 4. The highest BCUT2D eigenvalue weighted by molar-refractivity contribution is 7.10. The summed E-state index contributed by atoms with van der Waals surface area (Å²) in [4.78, 5) is 14.8. The molecule has 2 rings (SSSR count). The van der Waals surface area contributed by atoms with E-state index in [1.54, 1.807) is 0 Å². The van der Waals surface area contributed by atoms with Crippen LogP contribution in [-0.4, -0.2) is 29.1 Å². The number of fused-ring (bicyclic) bond motifs is 1. The van der Waals surface area contributed by atoms with Gasteiger partial charge in [0.05, 0.1) is 0 Å². The van der Waals surface area contributed by atoms with Crippen molar-refractivity contribution in [2.45, 2.75) is 32.7 Å². The molecule has 18 heavy (non-hydrogen) atoms. The average molecular weight is 265 g/mol. The molecule has 4 heteroatoms. The van der Waals surface area contributed by atoms with Gasteiger partial charge in [0.2, 0.25) is 0 Å². The summed E-state index contributed by atoms with van der Waals surface area (Å²) < 4.78 is 0. The second-order valence-corrected chi connectivity index (χ2v) is 5.61. The van der Waals surface area contributed by atoms with Crippen LogP contribution in [0.1, 0.15) is 36.8 Å². The van der Waals surface area contributed by atoms with E-state index in [0.717, 1.165) is 19.5 Å². The highest BCUT2D eigenvalue weighted by Crippen LogP contribution is 2.32. The minimum absolute atomic E-state index is 0.392. The van der Waals surface area contributed by atoms with Crippen LogP contribution in [-0.2, 0) is 11.2 Å². The average Bonchev–Trinajstić information content (AvgIpc) is 2.81. The molecule has 1 atom stereocenters. The molecule has 0 bridgehead atoms. The van der Waals surface area contributed by atoms with Crippen molar-refractivity contribution in [1.82, 2.24) is 4.90 Å². The van der Waals surface area contributed by atoms with Gasteiger partial charge >= 0.3 is 5.97 Å². The van der Waals surface area contributed by atoms with Crippen LogP contribution >= 0.6 is 11.3 Å². The van der Waals surface area contributed by atoms with E-state index < -0.39 is 5.97 Å². The first kappa shape index (κ1) is 13.3. The zero-order valence-corrected chi connectivity index (χ0v) is 11.7. The molecule has 1 N–H and O–H groups in total. The maximum atomic E-state index is 11.0. The number of hydrogen-bond acceptors (Lipinski definition) is 3. The molecule has 0 fully saturated rings. The van der Waals surface area contributed by atoms with Crippen molar-refractivity contribution < 1.29 is 9.90 Å². The Morgan fingerprint density at radius 3 is 3.11 bits per heavy atom. The predicted molar refractivity (Wildman–Crippen MR) is 74.0 cm³/mol. The second kappa shape index (κ2) is 5.67. The lowest BCUT2D eigenvalue weighted by Crippen LogP contribution is -2.33. The lowest BCUT2D eigenvalue weighted by molar-refractivity contribution is -0.132. The van der Waals surface area contributed by atoms with Crippen LogP contribution in [0.15, 0.2) is 23.1 Å². The molecular formula is C14H19NO2S. The molecule has 2 heterocycles. The molecule has 1 aromatic heterocycles. The van der Waals surface area contributed by atoms with E-state index in [2.05, 4.69) is 23.3 Å². The minimum atomic E-state index is -0.793. The van der Waals surface area contributed by atoms with Crippen LogP contribution in [0, 0.1) is 0 Å². The topological polar surface area (TPSA) is 40.5 Å². The van der Waals surface area contributed by atoms with Gasteiger partial charge in [-0.15, -0.1) is 11.3 Å². The molecule has 0 saturated heterocycles. The van der Waals surface area contributed by atoms with Gasteiger partial charge in [-0.1, -0.05) is 13.0 Å². The molecule has 1 unspecified atom stereocenters. The Labute approximate surface area is 112 Å². The summed E-state index contributed by atoms with van der Waals surface area (Å²) in [6.45, 7) is 5.83. The first-order valence-electron chi connectivity index (χ1n) is 6.36. The van der Waals surface area contributed by atoms with Crippen LogP contribution in [0.2, 0.25) is 0 Å². The standard InChI is InChI=1S/C14H19NO2S/c1-3-11(14(16)17)4-7-15-8-5-13-12(10(15)2)6-9-18-13/h4,6,9-10H,3,5,7-8H2,1-2H3,(H,16,17). The number of carboxylic acids is 1. The maximum Gasteiger partial charge on any atom is 0.331 e. The van der Waals surface area contributed by atoms with E-state index in [4.69, 9.17) is 5.11 Å². The van der Waals surface area contributed by atoms with Gasteiger partial charge in [-0.25, -0.2) is 4.79 Å². The van der Waals surface area contributed by atoms with Gasteiger partial charge in [-0.2, -0.15) is 0 Å². The number of carboxylic acid groups (broad SMARTS) is 1. The van der Waals surface area contributed by atoms with Gasteiger partial charge in [-0.3, -0.25) is 4.90 Å². The van der Waals surface area contributed by atoms with E-state index >= 15 is 0 Å². The molecule has 0 spiro atoms. The molecule has 98 valence electrons. The SMILES string of the molecule is CCC(=CCN1CCc2sccc2C1C)C(=O)O. The summed E-state index contributed by atoms with van der Waals surface area (Å²) in [6.07, 6.45) is 3.52. The molecule has 0 aliphatic carbocycles. The van der Waals surface area contributed by atoms with Crippen LogP contribution in [0.4, 0.5) is 0 Å². The number of carbonyl (C=O) groups is 1. The molecule has 1 aromatic rings.